The zero-order valence-corrected chi connectivity index (χ0v) is 22.4. The largest absolute Gasteiger partial charge is 0.497 e. The summed E-state index contributed by atoms with van der Waals surface area (Å²) in [7, 11) is -2.52. The van der Waals surface area contributed by atoms with Gasteiger partial charge in [-0.15, -0.1) is 11.8 Å². The number of halogens is 1. The van der Waals surface area contributed by atoms with Crippen LogP contribution in [0, 0.1) is 0 Å². The van der Waals surface area contributed by atoms with E-state index in [-0.39, 0.29) is 4.90 Å². The number of para-hydroxylation sites is 2. The van der Waals surface area contributed by atoms with E-state index in [9.17, 15) is 13.2 Å². The first kappa shape index (κ1) is 26.6. The monoisotopic (exact) mass is 552 g/mol. The fraction of sp³-hybridized carbons (Fsp3) is 0.107. The van der Waals surface area contributed by atoms with E-state index in [1.807, 2.05) is 42.5 Å². The molecule has 0 spiro atoms. The lowest BCUT2D eigenvalue weighted by Crippen LogP contribution is -2.38. The molecule has 0 aliphatic rings. The molecule has 0 aromatic heterocycles. The first-order valence-corrected chi connectivity index (χ1v) is 14.1. The van der Waals surface area contributed by atoms with Crippen LogP contribution < -0.4 is 14.4 Å². The normalized spacial score (nSPS) is 11.1. The number of sulfonamides is 1. The summed E-state index contributed by atoms with van der Waals surface area (Å²) in [6.07, 6.45) is 0. The van der Waals surface area contributed by atoms with Crippen LogP contribution in [0.3, 0.4) is 0 Å². The van der Waals surface area contributed by atoms with Gasteiger partial charge in [-0.2, -0.15) is 0 Å². The number of anilines is 2. The lowest BCUT2D eigenvalue weighted by Gasteiger charge is -2.24. The first-order valence-electron chi connectivity index (χ1n) is 11.3. The molecule has 1 amide bonds. The van der Waals surface area contributed by atoms with Crippen molar-refractivity contribution in [2.45, 2.75) is 15.5 Å². The second-order valence-electron chi connectivity index (χ2n) is 7.98. The maximum absolute atomic E-state index is 13.6. The van der Waals surface area contributed by atoms with E-state index in [2.05, 4.69) is 5.32 Å². The van der Waals surface area contributed by atoms with Gasteiger partial charge < -0.3 is 10.1 Å². The van der Waals surface area contributed by atoms with Crippen molar-refractivity contribution >= 4 is 50.7 Å². The van der Waals surface area contributed by atoms with Crippen LogP contribution in [0.15, 0.2) is 113 Å². The van der Waals surface area contributed by atoms with Crippen molar-refractivity contribution in [1.29, 1.82) is 0 Å². The van der Waals surface area contributed by atoms with Gasteiger partial charge in [0.1, 0.15) is 12.3 Å². The number of nitrogens with zero attached hydrogens (tertiary/aromatic N) is 1. The van der Waals surface area contributed by atoms with Gasteiger partial charge in [-0.25, -0.2) is 8.42 Å². The highest BCUT2D eigenvalue weighted by Crippen LogP contribution is 2.31. The third-order valence-corrected chi connectivity index (χ3v) is 8.63. The Balaban J connectivity index is 1.54. The Morgan fingerprint density at radius 2 is 1.54 bits per heavy atom. The average Bonchev–Trinajstić information content (AvgIpc) is 2.92. The quantitative estimate of drug-likeness (QED) is 0.228. The minimum absolute atomic E-state index is 0.0591. The summed E-state index contributed by atoms with van der Waals surface area (Å²) in [5, 5.41) is 3.57. The molecule has 190 valence electrons. The Hall–Kier alpha value is -3.46. The van der Waals surface area contributed by atoms with Crippen LogP contribution >= 0.6 is 23.4 Å². The Morgan fingerprint density at radius 3 is 2.22 bits per heavy atom. The lowest BCUT2D eigenvalue weighted by molar-refractivity contribution is -0.114. The third-order valence-electron chi connectivity index (χ3n) is 5.45. The minimum atomic E-state index is -4.03. The SMILES string of the molecule is COc1ccc(S(=O)(=O)N(CC(=O)Nc2ccccc2SCc2ccc(Cl)cc2)c2ccccc2)cc1. The number of benzene rings is 4. The molecule has 0 saturated carbocycles. The van der Waals surface area contributed by atoms with Gasteiger partial charge in [-0.05, 0) is 66.2 Å². The summed E-state index contributed by atoms with van der Waals surface area (Å²) in [4.78, 5) is 14.1. The lowest BCUT2D eigenvalue weighted by atomic mass is 10.2. The molecule has 0 saturated heterocycles. The van der Waals surface area contributed by atoms with Crippen LogP contribution in [-0.2, 0) is 20.6 Å². The molecule has 37 heavy (non-hydrogen) atoms. The summed E-state index contributed by atoms with van der Waals surface area (Å²) in [5.41, 5.74) is 2.09. The number of methoxy groups -OCH3 is 1. The minimum Gasteiger partial charge on any atom is -0.497 e. The Labute approximate surface area is 226 Å². The van der Waals surface area contributed by atoms with Crippen molar-refractivity contribution in [3.05, 3.63) is 114 Å². The van der Waals surface area contributed by atoms with E-state index >= 15 is 0 Å². The number of thioether (sulfide) groups is 1. The van der Waals surface area contributed by atoms with Gasteiger partial charge in [0.05, 0.1) is 23.4 Å². The van der Waals surface area contributed by atoms with Crippen molar-refractivity contribution in [3.8, 4) is 5.75 Å². The van der Waals surface area contributed by atoms with Gasteiger partial charge in [0.2, 0.25) is 5.91 Å². The van der Waals surface area contributed by atoms with E-state index in [0.29, 0.717) is 27.9 Å². The molecule has 0 aliphatic heterocycles. The van der Waals surface area contributed by atoms with Crippen molar-refractivity contribution in [2.75, 3.05) is 23.3 Å². The molecule has 0 heterocycles. The van der Waals surface area contributed by atoms with Crippen molar-refractivity contribution < 1.29 is 17.9 Å². The van der Waals surface area contributed by atoms with Crippen LogP contribution in [0.5, 0.6) is 5.75 Å². The average molecular weight is 553 g/mol. The van der Waals surface area contributed by atoms with E-state index in [0.717, 1.165) is 14.8 Å². The number of amides is 1. The maximum atomic E-state index is 13.6. The second-order valence-corrected chi connectivity index (χ2v) is 11.3. The fourth-order valence-electron chi connectivity index (χ4n) is 3.54. The number of rotatable bonds is 10. The summed E-state index contributed by atoms with van der Waals surface area (Å²) < 4.78 is 33.4. The molecule has 9 heteroatoms. The highest BCUT2D eigenvalue weighted by Gasteiger charge is 2.27. The predicted molar refractivity (Wildman–Crippen MR) is 150 cm³/mol. The van der Waals surface area contributed by atoms with Gasteiger partial charge in [0.15, 0.2) is 0 Å². The van der Waals surface area contributed by atoms with E-state index in [1.165, 1.54) is 19.2 Å². The number of carbonyl (C=O) groups is 1. The number of hydrogen-bond acceptors (Lipinski definition) is 5. The Kier molecular flexibility index (Phi) is 8.76. The maximum Gasteiger partial charge on any atom is 0.264 e. The van der Waals surface area contributed by atoms with E-state index < -0.39 is 22.5 Å². The molecule has 0 aliphatic carbocycles. The standard InChI is InChI=1S/C28H25ClN2O4S2/c1-35-24-15-17-25(18-16-24)37(33,34)31(23-7-3-2-4-8-23)19-28(32)30-26-9-5-6-10-27(26)36-20-21-11-13-22(29)14-12-21/h2-18H,19-20H2,1H3,(H,30,32). The Morgan fingerprint density at radius 1 is 0.892 bits per heavy atom. The van der Waals surface area contributed by atoms with Gasteiger partial charge in [0.25, 0.3) is 10.0 Å². The summed E-state index contributed by atoms with van der Waals surface area (Å²) in [6.45, 7) is -0.394. The van der Waals surface area contributed by atoms with Crippen LogP contribution in [0.2, 0.25) is 5.02 Å². The van der Waals surface area contributed by atoms with Crippen LogP contribution in [0.4, 0.5) is 11.4 Å². The summed E-state index contributed by atoms with van der Waals surface area (Å²) >= 11 is 7.54. The van der Waals surface area contributed by atoms with Crippen LogP contribution in [0.25, 0.3) is 0 Å². The molecular formula is C28H25ClN2O4S2. The molecular weight excluding hydrogens is 528 g/mol. The van der Waals surface area contributed by atoms with Crippen molar-refractivity contribution in [3.63, 3.8) is 0 Å². The van der Waals surface area contributed by atoms with Crippen molar-refractivity contribution in [2.24, 2.45) is 0 Å². The van der Waals surface area contributed by atoms with Crippen LogP contribution in [-0.4, -0.2) is 28.0 Å². The molecule has 0 fully saturated rings. The zero-order valence-electron chi connectivity index (χ0n) is 20.0. The molecule has 4 rings (SSSR count). The second kappa shape index (κ2) is 12.2. The van der Waals surface area contributed by atoms with Gasteiger partial charge in [0, 0.05) is 15.7 Å². The van der Waals surface area contributed by atoms with E-state index in [1.54, 1.807) is 60.3 Å². The molecule has 0 bridgehead atoms. The highest BCUT2D eigenvalue weighted by molar-refractivity contribution is 7.98. The molecule has 4 aromatic carbocycles. The molecule has 0 atom stereocenters. The molecule has 1 N–H and O–H groups in total. The predicted octanol–water partition coefficient (Wildman–Crippen LogP) is 6.47. The molecule has 0 radical (unpaired) electrons. The molecule has 4 aromatic rings. The van der Waals surface area contributed by atoms with Gasteiger partial charge in [-0.3, -0.25) is 9.10 Å². The topological polar surface area (TPSA) is 75.7 Å². The van der Waals surface area contributed by atoms with E-state index in [4.69, 9.17) is 16.3 Å². The Bertz CT molecular complexity index is 1450. The van der Waals surface area contributed by atoms with Crippen molar-refractivity contribution in [1.82, 2.24) is 0 Å². The number of ether oxygens (including phenoxy) is 1. The zero-order chi connectivity index (χ0) is 26.3. The smallest absolute Gasteiger partial charge is 0.264 e. The highest BCUT2D eigenvalue weighted by atomic mass is 35.5. The number of carbonyl (C=O) groups excluding carboxylic acids is 1. The summed E-state index contributed by atoms with van der Waals surface area (Å²) in [6, 6.07) is 29.7. The fourth-order valence-corrected chi connectivity index (χ4v) is 6.05. The van der Waals surface area contributed by atoms with Gasteiger partial charge >= 0.3 is 0 Å². The van der Waals surface area contributed by atoms with Gasteiger partial charge in [-0.1, -0.05) is 54.1 Å². The van der Waals surface area contributed by atoms with Crippen LogP contribution in [0.1, 0.15) is 5.56 Å². The molecule has 6 nitrogen and oxygen atoms in total. The third kappa shape index (κ3) is 6.85. The molecule has 0 unspecified atom stereocenters. The first-order chi connectivity index (χ1) is 17.9. The summed E-state index contributed by atoms with van der Waals surface area (Å²) in [5.74, 6) is 0.766. The number of hydrogen-bond donors (Lipinski definition) is 1. The number of nitrogens with one attached hydrogen (secondary N) is 1.